The molecule has 0 aromatic heterocycles. The maximum Gasteiger partial charge on any atom is 0.187 e. The molecular formula is C19H21NO2. The van der Waals surface area contributed by atoms with E-state index in [0.29, 0.717) is 12.2 Å². The SMILES string of the molecule is CCOc1cccc(N/C(C)=C/C(=O)c2ccc(C)cc2)c1. The largest absolute Gasteiger partial charge is 0.494 e. The van der Waals surface area contributed by atoms with E-state index < -0.39 is 0 Å². The van der Waals surface area contributed by atoms with Crippen molar-refractivity contribution in [2.24, 2.45) is 0 Å². The molecule has 0 amide bonds. The highest BCUT2D eigenvalue weighted by molar-refractivity contribution is 6.05. The van der Waals surface area contributed by atoms with Gasteiger partial charge in [-0.3, -0.25) is 4.79 Å². The summed E-state index contributed by atoms with van der Waals surface area (Å²) >= 11 is 0. The highest BCUT2D eigenvalue weighted by atomic mass is 16.5. The van der Waals surface area contributed by atoms with Gasteiger partial charge in [0.25, 0.3) is 0 Å². The summed E-state index contributed by atoms with van der Waals surface area (Å²) in [4.78, 5) is 12.2. The van der Waals surface area contributed by atoms with Gasteiger partial charge in [-0.1, -0.05) is 35.9 Å². The Morgan fingerprint density at radius 2 is 1.91 bits per heavy atom. The minimum absolute atomic E-state index is 0.00837. The van der Waals surface area contributed by atoms with Crippen LogP contribution >= 0.6 is 0 Å². The molecular weight excluding hydrogens is 274 g/mol. The third kappa shape index (κ3) is 4.48. The van der Waals surface area contributed by atoms with Crippen molar-refractivity contribution in [1.82, 2.24) is 0 Å². The average molecular weight is 295 g/mol. The molecule has 3 heteroatoms. The van der Waals surface area contributed by atoms with Gasteiger partial charge >= 0.3 is 0 Å². The Labute approximate surface area is 131 Å². The van der Waals surface area contributed by atoms with Crippen molar-refractivity contribution in [2.75, 3.05) is 11.9 Å². The summed E-state index contributed by atoms with van der Waals surface area (Å²) in [6.45, 7) is 6.46. The third-order valence-electron chi connectivity index (χ3n) is 3.17. The smallest absolute Gasteiger partial charge is 0.187 e. The van der Waals surface area contributed by atoms with Gasteiger partial charge < -0.3 is 10.1 Å². The van der Waals surface area contributed by atoms with Crippen molar-refractivity contribution in [3.63, 3.8) is 0 Å². The number of benzene rings is 2. The molecule has 0 unspecified atom stereocenters. The van der Waals surface area contributed by atoms with E-state index in [2.05, 4.69) is 5.32 Å². The van der Waals surface area contributed by atoms with Crippen molar-refractivity contribution in [2.45, 2.75) is 20.8 Å². The first-order valence-electron chi connectivity index (χ1n) is 7.37. The predicted octanol–water partition coefficient (Wildman–Crippen LogP) is 4.59. The molecule has 0 radical (unpaired) electrons. The number of carbonyl (C=O) groups excluding carboxylic acids is 1. The van der Waals surface area contributed by atoms with E-state index >= 15 is 0 Å². The normalized spacial score (nSPS) is 11.1. The van der Waals surface area contributed by atoms with Crippen molar-refractivity contribution >= 4 is 11.5 Å². The van der Waals surface area contributed by atoms with Gasteiger partial charge in [-0.25, -0.2) is 0 Å². The Bertz CT molecular complexity index is 672. The van der Waals surface area contributed by atoms with Crippen molar-refractivity contribution < 1.29 is 9.53 Å². The van der Waals surface area contributed by atoms with Crippen LogP contribution in [0.3, 0.4) is 0 Å². The second-order valence-electron chi connectivity index (χ2n) is 5.14. The van der Waals surface area contributed by atoms with E-state index in [1.807, 2.05) is 69.3 Å². The summed E-state index contributed by atoms with van der Waals surface area (Å²) in [7, 11) is 0. The van der Waals surface area contributed by atoms with Gasteiger partial charge in [-0.2, -0.15) is 0 Å². The van der Waals surface area contributed by atoms with Crippen LogP contribution in [0.5, 0.6) is 5.75 Å². The van der Waals surface area contributed by atoms with E-state index in [1.165, 1.54) is 0 Å². The number of anilines is 1. The monoisotopic (exact) mass is 295 g/mol. The number of allylic oxidation sites excluding steroid dienone is 2. The molecule has 0 spiro atoms. The van der Waals surface area contributed by atoms with Gasteiger partial charge in [0.1, 0.15) is 5.75 Å². The number of carbonyl (C=O) groups is 1. The summed E-state index contributed by atoms with van der Waals surface area (Å²) < 4.78 is 5.46. The fraction of sp³-hybridized carbons (Fsp3) is 0.211. The molecule has 0 aliphatic rings. The number of hydrogen-bond donors (Lipinski definition) is 1. The highest BCUT2D eigenvalue weighted by Crippen LogP contribution is 2.19. The lowest BCUT2D eigenvalue weighted by Gasteiger charge is -2.09. The molecule has 0 atom stereocenters. The molecule has 0 aliphatic heterocycles. The lowest BCUT2D eigenvalue weighted by atomic mass is 10.1. The Morgan fingerprint density at radius 3 is 2.59 bits per heavy atom. The summed E-state index contributed by atoms with van der Waals surface area (Å²) in [6.07, 6.45) is 1.61. The quantitative estimate of drug-likeness (QED) is 0.625. The van der Waals surface area contributed by atoms with Crippen molar-refractivity contribution in [1.29, 1.82) is 0 Å². The van der Waals surface area contributed by atoms with Crippen molar-refractivity contribution in [3.8, 4) is 5.75 Å². The van der Waals surface area contributed by atoms with Gasteiger partial charge in [-0.05, 0) is 32.9 Å². The van der Waals surface area contributed by atoms with Crippen LogP contribution in [0.15, 0.2) is 60.3 Å². The molecule has 2 aromatic rings. The van der Waals surface area contributed by atoms with Gasteiger partial charge in [0.15, 0.2) is 5.78 Å². The standard InChI is InChI=1S/C19H21NO2/c1-4-22-18-7-5-6-17(13-18)20-15(3)12-19(21)16-10-8-14(2)9-11-16/h5-13,20H,4H2,1-3H3/b15-12+. The third-order valence-corrected chi connectivity index (χ3v) is 3.17. The molecule has 1 N–H and O–H groups in total. The van der Waals surface area contributed by atoms with Crippen LogP contribution in [0.1, 0.15) is 29.8 Å². The van der Waals surface area contributed by atoms with E-state index in [9.17, 15) is 4.79 Å². The Kier molecular flexibility index (Phi) is 5.37. The molecule has 0 aliphatic carbocycles. The number of nitrogens with one attached hydrogen (secondary N) is 1. The predicted molar refractivity (Wildman–Crippen MR) is 90.5 cm³/mol. The fourth-order valence-corrected chi connectivity index (χ4v) is 2.09. The van der Waals surface area contributed by atoms with Gasteiger partial charge in [0.2, 0.25) is 0 Å². The van der Waals surface area contributed by atoms with Crippen LogP contribution in [0.2, 0.25) is 0 Å². The zero-order valence-electron chi connectivity index (χ0n) is 13.2. The molecule has 22 heavy (non-hydrogen) atoms. The van der Waals surface area contributed by atoms with E-state index in [-0.39, 0.29) is 5.78 Å². The van der Waals surface area contributed by atoms with E-state index in [0.717, 1.165) is 22.7 Å². The van der Waals surface area contributed by atoms with Crippen LogP contribution in [0.4, 0.5) is 5.69 Å². The molecule has 2 rings (SSSR count). The molecule has 114 valence electrons. The van der Waals surface area contributed by atoms with Crippen LogP contribution < -0.4 is 10.1 Å². The Morgan fingerprint density at radius 1 is 1.18 bits per heavy atom. The Balaban J connectivity index is 2.07. The molecule has 0 saturated heterocycles. The van der Waals surface area contributed by atoms with E-state index in [1.54, 1.807) is 6.08 Å². The van der Waals surface area contributed by atoms with Gasteiger partial charge in [0.05, 0.1) is 6.61 Å². The Hall–Kier alpha value is -2.55. The van der Waals surface area contributed by atoms with Crippen LogP contribution in [0.25, 0.3) is 0 Å². The second kappa shape index (κ2) is 7.46. The van der Waals surface area contributed by atoms with Gasteiger partial charge in [-0.15, -0.1) is 0 Å². The number of hydrogen-bond acceptors (Lipinski definition) is 3. The first kappa shape index (κ1) is 15.8. The molecule has 2 aromatic carbocycles. The maximum absolute atomic E-state index is 12.2. The zero-order valence-corrected chi connectivity index (χ0v) is 13.2. The number of rotatable bonds is 6. The summed E-state index contributed by atoms with van der Waals surface area (Å²) in [6, 6.07) is 15.3. The number of ketones is 1. The van der Waals surface area contributed by atoms with Crippen molar-refractivity contribution in [3.05, 3.63) is 71.4 Å². The molecule has 0 fully saturated rings. The first-order chi connectivity index (χ1) is 10.6. The van der Waals surface area contributed by atoms with E-state index in [4.69, 9.17) is 4.74 Å². The van der Waals surface area contributed by atoms with Crippen LogP contribution in [-0.4, -0.2) is 12.4 Å². The lowest BCUT2D eigenvalue weighted by molar-refractivity contribution is 0.104. The molecule has 3 nitrogen and oxygen atoms in total. The second-order valence-corrected chi connectivity index (χ2v) is 5.14. The summed E-state index contributed by atoms with van der Waals surface area (Å²) in [5.41, 5.74) is 3.52. The first-order valence-corrected chi connectivity index (χ1v) is 7.37. The fourth-order valence-electron chi connectivity index (χ4n) is 2.09. The number of aryl methyl sites for hydroxylation is 1. The zero-order chi connectivity index (χ0) is 15.9. The summed E-state index contributed by atoms with van der Waals surface area (Å²) in [5, 5.41) is 3.21. The molecule has 0 bridgehead atoms. The lowest BCUT2D eigenvalue weighted by Crippen LogP contribution is -2.02. The molecule has 0 saturated carbocycles. The number of ether oxygens (including phenoxy) is 1. The minimum Gasteiger partial charge on any atom is -0.494 e. The van der Waals surface area contributed by atoms with Gasteiger partial charge in [0, 0.05) is 29.1 Å². The average Bonchev–Trinajstić information content (AvgIpc) is 2.48. The summed E-state index contributed by atoms with van der Waals surface area (Å²) in [5.74, 6) is 0.802. The van der Waals surface area contributed by atoms with Crippen LogP contribution in [0, 0.1) is 6.92 Å². The highest BCUT2D eigenvalue weighted by Gasteiger charge is 2.03. The minimum atomic E-state index is -0.00837. The van der Waals surface area contributed by atoms with Crippen LogP contribution in [-0.2, 0) is 0 Å². The topological polar surface area (TPSA) is 38.3 Å². The molecule has 0 heterocycles. The maximum atomic E-state index is 12.2.